The third-order valence-electron chi connectivity index (χ3n) is 10.3. The van der Waals surface area contributed by atoms with Crippen LogP contribution in [0.15, 0.2) is 24.3 Å². The van der Waals surface area contributed by atoms with Crippen LogP contribution in [0.3, 0.4) is 0 Å². The van der Waals surface area contributed by atoms with E-state index in [1.807, 2.05) is 12.2 Å². The zero-order chi connectivity index (χ0) is 38.5. The molecule has 308 valence electrons. The van der Waals surface area contributed by atoms with E-state index in [1.54, 1.807) is 0 Å². The minimum absolute atomic E-state index is 0.0278. The SMILES string of the molecule is CCCCCC/C=C\COC(=O)CCCCCCCC(CCCCCCCC(=O)OC/C=C\CCCCCC)OC(=O)CCCN1CCN(CC)CC1. The van der Waals surface area contributed by atoms with Gasteiger partial charge in [0.1, 0.15) is 19.3 Å². The Morgan fingerprint density at radius 2 is 0.925 bits per heavy atom. The molecule has 0 spiro atoms. The van der Waals surface area contributed by atoms with Crippen molar-refractivity contribution in [3.8, 4) is 0 Å². The van der Waals surface area contributed by atoms with Gasteiger partial charge in [-0.05, 0) is 83.7 Å². The first kappa shape index (κ1) is 48.8. The smallest absolute Gasteiger partial charge is 0.306 e. The van der Waals surface area contributed by atoms with Crippen LogP contribution in [0.2, 0.25) is 0 Å². The molecule has 0 atom stereocenters. The Hall–Kier alpha value is -2.19. The van der Waals surface area contributed by atoms with E-state index in [0.29, 0.717) is 32.5 Å². The van der Waals surface area contributed by atoms with Gasteiger partial charge in [0.15, 0.2) is 0 Å². The predicted molar refractivity (Wildman–Crippen MR) is 220 cm³/mol. The van der Waals surface area contributed by atoms with Crippen molar-refractivity contribution in [2.24, 2.45) is 0 Å². The predicted octanol–water partition coefficient (Wildman–Crippen LogP) is 10.9. The number of carbonyl (C=O) groups is 3. The van der Waals surface area contributed by atoms with Gasteiger partial charge >= 0.3 is 17.9 Å². The molecular formula is C45H82N2O6. The Kier molecular flexibility index (Phi) is 33.9. The number of carbonyl (C=O) groups excluding carboxylic acids is 3. The second kappa shape index (κ2) is 36.8. The molecule has 0 bridgehead atoms. The summed E-state index contributed by atoms with van der Waals surface area (Å²) in [4.78, 5) is 41.9. The lowest BCUT2D eigenvalue weighted by Gasteiger charge is -2.33. The molecule has 8 nitrogen and oxygen atoms in total. The molecule has 1 rings (SSSR count). The fraction of sp³-hybridized carbons (Fsp3) is 0.844. The Bertz CT molecular complexity index is 878. The highest BCUT2D eigenvalue weighted by molar-refractivity contribution is 5.70. The molecule has 8 heteroatoms. The third-order valence-corrected chi connectivity index (χ3v) is 10.3. The molecule has 0 N–H and O–H groups in total. The van der Waals surface area contributed by atoms with Crippen LogP contribution in [0.1, 0.15) is 188 Å². The number of piperazine rings is 1. The fourth-order valence-corrected chi connectivity index (χ4v) is 6.80. The van der Waals surface area contributed by atoms with Gasteiger partial charge in [0.05, 0.1) is 0 Å². The molecule has 1 aliphatic rings. The first-order chi connectivity index (χ1) is 26.0. The van der Waals surface area contributed by atoms with Crippen LogP contribution in [0.25, 0.3) is 0 Å². The second-order valence-electron chi connectivity index (χ2n) is 15.1. The summed E-state index contributed by atoms with van der Waals surface area (Å²) in [6.07, 6.45) is 34.5. The quantitative estimate of drug-likeness (QED) is 0.0271. The van der Waals surface area contributed by atoms with E-state index < -0.39 is 0 Å². The highest BCUT2D eigenvalue weighted by atomic mass is 16.5. The standard InChI is InChI=1S/C45H82N2O6/c1-4-7-9-11-13-21-27-40-51-43(48)32-25-19-15-17-23-30-42(53-45(50)34-29-35-47-38-36-46(6-3)37-39-47)31-24-18-16-20-26-33-44(49)52-41-28-22-14-12-10-8-5-2/h21-22,27-28,42H,4-20,23-26,29-41H2,1-3H3/b27-21-,28-22-. The van der Waals surface area contributed by atoms with Crippen LogP contribution in [0, 0.1) is 0 Å². The average Bonchev–Trinajstić information content (AvgIpc) is 3.16. The maximum Gasteiger partial charge on any atom is 0.306 e. The minimum Gasteiger partial charge on any atom is -0.462 e. The lowest BCUT2D eigenvalue weighted by atomic mass is 10.0. The molecule has 0 aromatic rings. The van der Waals surface area contributed by atoms with Crippen LogP contribution in [0.5, 0.6) is 0 Å². The number of rotatable bonds is 36. The number of hydrogen-bond donors (Lipinski definition) is 0. The van der Waals surface area contributed by atoms with Crippen LogP contribution in [-0.4, -0.2) is 86.3 Å². The summed E-state index contributed by atoms with van der Waals surface area (Å²) >= 11 is 0. The summed E-state index contributed by atoms with van der Waals surface area (Å²) in [6.45, 7) is 13.9. The Balaban J connectivity index is 2.26. The van der Waals surface area contributed by atoms with E-state index >= 15 is 0 Å². The van der Waals surface area contributed by atoms with Crippen molar-refractivity contribution in [1.82, 2.24) is 9.80 Å². The summed E-state index contributed by atoms with van der Waals surface area (Å²) in [5.74, 6) is -0.268. The molecule has 1 aliphatic heterocycles. The normalized spacial score (nSPS) is 14.1. The molecule has 0 aromatic heterocycles. The summed E-state index contributed by atoms with van der Waals surface area (Å²) in [5.41, 5.74) is 0. The molecule has 1 saturated heterocycles. The Morgan fingerprint density at radius 1 is 0.491 bits per heavy atom. The van der Waals surface area contributed by atoms with Crippen molar-refractivity contribution in [2.75, 3.05) is 52.5 Å². The summed E-state index contributed by atoms with van der Waals surface area (Å²) < 4.78 is 16.7. The molecule has 0 saturated carbocycles. The number of likely N-dealkylation sites (N-methyl/N-ethyl adjacent to an activating group) is 1. The van der Waals surface area contributed by atoms with Crippen LogP contribution in [-0.2, 0) is 28.6 Å². The van der Waals surface area contributed by atoms with Crippen molar-refractivity contribution < 1.29 is 28.6 Å². The lowest BCUT2D eigenvalue weighted by molar-refractivity contribution is -0.150. The lowest BCUT2D eigenvalue weighted by Crippen LogP contribution is -2.46. The number of allylic oxidation sites excluding steroid dienone is 2. The average molecular weight is 747 g/mol. The van der Waals surface area contributed by atoms with E-state index in [-0.39, 0.29) is 24.0 Å². The van der Waals surface area contributed by atoms with E-state index in [9.17, 15) is 14.4 Å². The minimum atomic E-state index is -0.105. The fourth-order valence-electron chi connectivity index (χ4n) is 6.80. The number of ether oxygens (including phenoxy) is 3. The summed E-state index contributed by atoms with van der Waals surface area (Å²) in [5, 5.41) is 0. The Labute approximate surface area is 326 Å². The van der Waals surface area contributed by atoms with Crippen molar-refractivity contribution in [3.63, 3.8) is 0 Å². The van der Waals surface area contributed by atoms with Gasteiger partial charge in [0, 0.05) is 45.4 Å². The van der Waals surface area contributed by atoms with Gasteiger partial charge in [-0.25, -0.2) is 0 Å². The molecule has 0 aromatic carbocycles. The van der Waals surface area contributed by atoms with Crippen LogP contribution >= 0.6 is 0 Å². The van der Waals surface area contributed by atoms with Crippen LogP contribution < -0.4 is 0 Å². The van der Waals surface area contributed by atoms with Gasteiger partial charge in [-0.15, -0.1) is 0 Å². The molecule has 1 fully saturated rings. The zero-order valence-electron chi connectivity index (χ0n) is 34.8. The highest BCUT2D eigenvalue weighted by Crippen LogP contribution is 2.18. The molecular weight excluding hydrogens is 665 g/mol. The number of nitrogens with zero attached hydrogens (tertiary/aromatic N) is 2. The van der Waals surface area contributed by atoms with E-state index in [1.165, 1.54) is 51.4 Å². The van der Waals surface area contributed by atoms with Crippen LogP contribution in [0.4, 0.5) is 0 Å². The molecule has 0 amide bonds. The largest absolute Gasteiger partial charge is 0.462 e. The van der Waals surface area contributed by atoms with Gasteiger partial charge in [0.25, 0.3) is 0 Å². The van der Waals surface area contributed by atoms with E-state index in [4.69, 9.17) is 14.2 Å². The summed E-state index contributed by atoms with van der Waals surface area (Å²) in [6, 6.07) is 0. The van der Waals surface area contributed by atoms with Gasteiger partial charge in [0.2, 0.25) is 0 Å². The second-order valence-corrected chi connectivity index (χ2v) is 15.1. The maximum atomic E-state index is 12.9. The van der Waals surface area contributed by atoms with Gasteiger partial charge < -0.3 is 24.0 Å². The van der Waals surface area contributed by atoms with E-state index in [2.05, 4.69) is 42.7 Å². The molecule has 0 radical (unpaired) electrons. The molecule has 1 heterocycles. The first-order valence-electron chi connectivity index (χ1n) is 22.2. The topological polar surface area (TPSA) is 85.4 Å². The molecule has 53 heavy (non-hydrogen) atoms. The van der Waals surface area contributed by atoms with Crippen molar-refractivity contribution in [3.05, 3.63) is 24.3 Å². The van der Waals surface area contributed by atoms with Gasteiger partial charge in [-0.3, -0.25) is 14.4 Å². The van der Waals surface area contributed by atoms with E-state index in [0.717, 1.165) is 136 Å². The Morgan fingerprint density at radius 3 is 1.42 bits per heavy atom. The monoisotopic (exact) mass is 747 g/mol. The number of hydrogen-bond acceptors (Lipinski definition) is 8. The van der Waals surface area contributed by atoms with Gasteiger partial charge in [-0.2, -0.15) is 0 Å². The molecule has 0 unspecified atom stereocenters. The van der Waals surface area contributed by atoms with Crippen molar-refractivity contribution >= 4 is 17.9 Å². The van der Waals surface area contributed by atoms with Crippen molar-refractivity contribution in [1.29, 1.82) is 0 Å². The zero-order valence-corrected chi connectivity index (χ0v) is 34.8. The maximum absolute atomic E-state index is 12.9. The number of esters is 3. The first-order valence-corrected chi connectivity index (χ1v) is 22.2. The third kappa shape index (κ3) is 31.8. The summed E-state index contributed by atoms with van der Waals surface area (Å²) in [7, 11) is 0. The highest BCUT2D eigenvalue weighted by Gasteiger charge is 2.17. The number of unbranched alkanes of at least 4 members (excludes halogenated alkanes) is 16. The van der Waals surface area contributed by atoms with Gasteiger partial charge in [-0.1, -0.05) is 122 Å². The molecule has 0 aliphatic carbocycles. The van der Waals surface area contributed by atoms with Crippen molar-refractivity contribution in [2.45, 2.75) is 194 Å².